The number of hydrogen-bond acceptors (Lipinski definition) is 1. The van der Waals surface area contributed by atoms with Crippen molar-refractivity contribution in [1.82, 2.24) is 0 Å². The molecule has 0 aliphatic rings. The van der Waals surface area contributed by atoms with Gasteiger partial charge in [-0.25, -0.2) is 0 Å². The van der Waals surface area contributed by atoms with E-state index in [-0.39, 0.29) is 0 Å². The van der Waals surface area contributed by atoms with Crippen LogP contribution < -0.4 is 0 Å². The number of hydrogen-bond donors (Lipinski definition) is 1. The van der Waals surface area contributed by atoms with Crippen LogP contribution in [0.4, 0.5) is 0 Å². The van der Waals surface area contributed by atoms with Gasteiger partial charge in [-0.15, -0.1) is 0 Å². The molecule has 1 rings (SSSR count). The normalized spacial score (nSPS) is 11.5. The van der Waals surface area contributed by atoms with Gasteiger partial charge in [0.2, 0.25) is 0 Å². The first kappa shape index (κ1) is 10.7. The third-order valence-electron chi connectivity index (χ3n) is 1.67. The zero-order chi connectivity index (χ0) is 8.97. The molecule has 0 aromatic heterocycles. The van der Waals surface area contributed by atoms with Gasteiger partial charge >= 0.3 is 0 Å². The molecule has 0 aliphatic carbocycles. The molecule has 0 unspecified atom stereocenters. The second kappa shape index (κ2) is 4.54. The Hall–Kier alpha value is -2.31. The van der Waals surface area contributed by atoms with Crippen molar-refractivity contribution in [3.8, 4) is 0 Å². The van der Waals surface area contributed by atoms with Gasteiger partial charge in [0.15, 0.2) is 0 Å². The monoisotopic (exact) mass is 432 g/mol. The number of rotatable bonds is 3. The molecule has 2 nitrogen and oxygen atoms in total. The van der Waals surface area contributed by atoms with E-state index in [9.17, 15) is 4.79 Å². The molecular weight excluding hydrogens is 421 g/mol. The van der Waals surface area contributed by atoms with Gasteiger partial charge in [-0.1, -0.05) is 36.2 Å². The van der Waals surface area contributed by atoms with Crippen molar-refractivity contribution in [3.63, 3.8) is 0 Å². The number of carbonyl (C=O) groups is 1. The molecule has 0 aliphatic heterocycles. The summed E-state index contributed by atoms with van der Waals surface area (Å²) in [6.07, 6.45) is 0.496. The predicted molar refractivity (Wildman–Crippen MR) is 46.6 cm³/mol. The van der Waals surface area contributed by atoms with E-state index in [0.717, 1.165) is 5.56 Å². The largest absolute Gasteiger partial charge is 0.483 e. The average molecular weight is 432 g/mol. The topological polar surface area (TPSA) is 37.3 Å². The zero-order valence-corrected chi connectivity index (χ0v) is 14.0. The van der Waals surface area contributed by atoms with Crippen LogP contribution in [0.2, 0.25) is 0 Å². The number of aliphatic carboxylic acids is 1. The Bertz CT molecular complexity index is 259. The second-order valence-electron chi connectivity index (χ2n) is 2.72. The van der Waals surface area contributed by atoms with E-state index >= 15 is 0 Å². The van der Waals surface area contributed by atoms with Crippen LogP contribution in [-0.4, -0.2) is 11.1 Å². The molecule has 1 aromatic carbocycles. The van der Waals surface area contributed by atoms with Gasteiger partial charge in [0.25, 0.3) is 5.97 Å². The zero-order valence-electron chi connectivity index (χ0n) is 7.44. The minimum Gasteiger partial charge on any atom is -0.483 e. The summed E-state index contributed by atoms with van der Waals surface area (Å²) in [6, 6.07) is 9.50. The Labute approximate surface area is 71.8 Å². The molecule has 0 heterocycles. The second-order valence-corrected chi connectivity index (χ2v) is 2.72. The molecule has 1 aromatic rings. The molecule has 1 N–H and O–H groups in total. The Morgan fingerprint density at radius 1 is 1.38 bits per heavy atom. The Morgan fingerprint density at radius 2 is 1.92 bits per heavy atom. The summed E-state index contributed by atoms with van der Waals surface area (Å²) in [5, 5.41) is 8.58. The van der Waals surface area contributed by atoms with Gasteiger partial charge in [0, 0.05) is 0 Å². The molecule has 0 radical (unpaired) electrons. The Kier molecular flexibility index (Phi) is 3.74. The first-order valence-corrected chi connectivity index (χ1v) is 3.80. The van der Waals surface area contributed by atoms with Crippen LogP contribution in [0.15, 0.2) is 30.3 Å². The fourth-order valence-electron chi connectivity index (χ4n) is 0.986. The predicted octanol–water partition coefficient (Wildman–Crippen LogP) is 1.76. The van der Waals surface area contributed by atoms with Gasteiger partial charge in [-0.3, -0.25) is 4.79 Å². The molecule has 66 valence electrons. The fraction of sp³-hybridized carbons (Fsp3) is 0.200. The first-order chi connectivity index (χ1) is 5.70. The smallest absolute Gasteiger partial charge is 0.276 e. The van der Waals surface area contributed by atoms with E-state index < -0.39 is 11.9 Å². The Balaban J connectivity index is 0.00000144. The standard InChI is InChI=1S/C10H11O2.Hs/c1-8(10(11)12)7-9-5-3-2-4-6-9;/h2-6,8H,1,7H2,(H,11,12);/q-1;/t8-;/m0./s1. The molecular formula is C10H11HsO2-. The van der Waals surface area contributed by atoms with Crippen molar-refractivity contribution in [2.24, 2.45) is 5.92 Å². The average Bonchev–Trinajstić information content (AvgIpc) is 2.06. The van der Waals surface area contributed by atoms with Crippen LogP contribution in [0.3, 0.4) is 0 Å². The van der Waals surface area contributed by atoms with Crippen molar-refractivity contribution in [2.75, 3.05) is 0 Å². The summed E-state index contributed by atoms with van der Waals surface area (Å²) in [6.45, 7) is 3.53. The molecule has 0 amide bonds. The molecule has 0 saturated carbocycles. The van der Waals surface area contributed by atoms with Gasteiger partial charge in [-0.2, -0.15) is 0 Å². The molecule has 0 saturated heterocycles. The van der Waals surface area contributed by atoms with E-state index in [4.69, 9.17) is 5.11 Å². The van der Waals surface area contributed by atoms with Gasteiger partial charge in [0.1, 0.15) is 0 Å². The molecule has 0 spiro atoms. The minimum atomic E-state index is -0.848. The van der Waals surface area contributed by atoms with Crippen LogP contribution in [0.25, 0.3) is 0 Å². The van der Waals surface area contributed by atoms with E-state index in [1.807, 2.05) is 30.3 Å². The van der Waals surface area contributed by atoms with Crippen molar-refractivity contribution < 1.29 is 9.90 Å². The van der Waals surface area contributed by atoms with Crippen LogP contribution in [0.5, 0.6) is 0 Å². The van der Waals surface area contributed by atoms with Crippen LogP contribution >= 0.6 is 0 Å². The molecule has 0 bridgehead atoms. The van der Waals surface area contributed by atoms with Gasteiger partial charge < -0.3 is 12.0 Å². The summed E-state index contributed by atoms with van der Waals surface area (Å²) in [5.74, 6) is -1.40. The molecule has 0 fully saturated rings. The fourth-order valence-corrected chi connectivity index (χ4v) is 0.986. The van der Waals surface area contributed by atoms with Crippen LogP contribution in [0, 0.1) is 12.8 Å². The minimum absolute atomic E-state index is 0. The third kappa shape index (κ3) is 3.06. The van der Waals surface area contributed by atoms with E-state index in [1.54, 1.807) is 0 Å². The quantitative estimate of drug-likeness (QED) is 0.740. The maximum Gasteiger partial charge on any atom is 0.276 e. The van der Waals surface area contributed by atoms with Crippen molar-refractivity contribution in [1.29, 1.82) is 0 Å². The van der Waals surface area contributed by atoms with Gasteiger partial charge in [0.05, 0.1) is 0 Å². The van der Waals surface area contributed by atoms with E-state index in [0.29, 0.717) is 6.42 Å². The summed E-state index contributed by atoms with van der Waals surface area (Å²) in [7, 11) is 0. The maximum absolute atomic E-state index is 10.4. The third-order valence-corrected chi connectivity index (χ3v) is 1.67. The molecule has 13 heavy (non-hydrogen) atoms. The van der Waals surface area contributed by atoms with E-state index in [1.165, 1.54) is 0 Å². The maximum atomic E-state index is 10.4. The van der Waals surface area contributed by atoms with Crippen molar-refractivity contribution in [2.45, 2.75) is 6.42 Å². The number of benzene rings is 1. The van der Waals surface area contributed by atoms with Crippen LogP contribution in [-0.2, 0) is 11.2 Å². The first-order valence-electron chi connectivity index (χ1n) is 3.80. The SMILES string of the molecule is [CH2-][C@@H](Cc1ccccc1)C(=O)O.[Hs]. The van der Waals surface area contributed by atoms with Crippen molar-refractivity contribution >= 4 is 5.97 Å². The molecule has 1 atom stereocenters. The summed E-state index contributed by atoms with van der Waals surface area (Å²) < 4.78 is 0. The van der Waals surface area contributed by atoms with Gasteiger partial charge in [-0.05, 0) is 12.0 Å². The molecule has 3 heteroatoms. The van der Waals surface area contributed by atoms with Crippen molar-refractivity contribution in [3.05, 3.63) is 42.8 Å². The van der Waals surface area contributed by atoms with E-state index in [2.05, 4.69) is 6.92 Å². The number of carboxylic acid groups (broad SMARTS) is 1. The summed E-state index contributed by atoms with van der Waals surface area (Å²) in [5.41, 5.74) is 1.01. The summed E-state index contributed by atoms with van der Waals surface area (Å²) in [4.78, 5) is 10.4. The summed E-state index contributed by atoms with van der Waals surface area (Å²) >= 11 is 0. The Morgan fingerprint density at radius 3 is 2.38 bits per heavy atom. The van der Waals surface area contributed by atoms with Crippen LogP contribution in [0.1, 0.15) is 5.56 Å². The number of carboxylic acids is 1.